The van der Waals surface area contributed by atoms with E-state index in [0.29, 0.717) is 23.6 Å². The number of hydrogen-bond acceptors (Lipinski definition) is 4. The van der Waals surface area contributed by atoms with Crippen LogP contribution < -0.4 is 0 Å². The molecule has 6 nitrogen and oxygen atoms in total. The van der Waals surface area contributed by atoms with Gasteiger partial charge in [-0.25, -0.2) is 0 Å². The molecule has 0 aliphatic carbocycles. The maximum atomic E-state index is 14.1. The Hall–Kier alpha value is -4.19. The lowest BCUT2D eigenvalue weighted by atomic mass is 9.93. The molecule has 1 unspecified atom stereocenters. The van der Waals surface area contributed by atoms with Gasteiger partial charge in [-0.1, -0.05) is 59.8 Å². The van der Waals surface area contributed by atoms with Crippen LogP contribution in [0.1, 0.15) is 39.1 Å². The lowest BCUT2D eigenvalue weighted by Gasteiger charge is -2.35. The molecule has 0 bridgehead atoms. The van der Waals surface area contributed by atoms with Gasteiger partial charge in [0.1, 0.15) is 23.1 Å². The molecule has 2 aromatic carbocycles. The number of fused-ring (bicyclic) bond motifs is 3. The lowest BCUT2D eigenvalue weighted by Crippen LogP contribution is -2.41. The number of pyridine rings is 1. The summed E-state index contributed by atoms with van der Waals surface area (Å²) in [4.78, 5) is 24.2. The second-order valence-electron chi connectivity index (χ2n) is 8.30. The molecule has 4 heterocycles. The zero-order chi connectivity index (χ0) is 22.4. The van der Waals surface area contributed by atoms with Crippen molar-refractivity contribution in [3.05, 3.63) is 107 Å². The standard InChI is InChI=1S/C27H22N4O2/c1-17-23(24(30-33-17)18-9-3-2-4-10-18)27(32)31-16-14-20-19-11-5-6-12-21(19)29-25(20)26(31)22-13-7-8-15-28-22/h2-13,15,26,29H,14,16H2,1H3. The summed E-state index contributed by atoms with van der Waals surface area (Å²) in [5.41, 5.74) is 6.09. The molecular formula is C27H22N4O2. The predicted molar refractivity (Wildman–Crippen MR) is 126 cm³/mol. The average Bonchev–Trinajstić information content (AvgIpc) is 3.44. The minimum absolute atomic E-state index is 0.104. The second-order valence-corrected chi connectivity index (χ2v) is 8.30. The number of nitrogens with zero attached hydrogens (tertiary/aromatic N) is 3. The van der Waals surface area contributed by atoms with E-state index in [0.717, 1.165) is 28.9 Å². The zero-order valence-electron chi connectivity index (χ0n) is 18.2. The highest BCUT2D eigenvalue weighted by atomic mass is 16.5. The number of nitrogens with one attached hydrogen (secondary N) is 1. The molecule has 1 N–H and O–H groups in total. The van der Waals surface area contributed by atoms with Gasteiger partial charge in [0.25, 0.3) is 5.91 Å². The molecule has 3 aromatic heterocycles. The summed E-state index contributed by atoms with van der Waals surface area (Å²) in [5, 5.41) is 5.43. The van der Waals surface area contributed by atoms with Crippen molar-refractivity contribution in [2.24, 2.45) is 0 Å². The van der Waals surface area contributed by atoms with E-state index in [1.165, 1.54) is 10.9 Å². The molecule has 0 fully saturated rings. The van der Waals surface area contributed by atoms with Gasteiger partial charge in [0, 0.05) is 34.9 Å². The zero-order valence-corrected chi connectivity index (χ0v) is 18.2. The number of H-pyrrole nitrogens is 1. The van der Waals surface area contributed by atoms with Crippen molar-refractivity contribution < 1.29 is 9.32 Å². The largest absolute Gasteiger partial charge is 0.360 e. The van der Waals surface area contributed by atoms with Crippen molar-refractivity contribution in [1.29, 1.82) is 0 Å². The van der Waals surface area contributed by atoms with Crippen LogP contribution in [0.4, 0.5) is 0 Å². The van der Waals surface area contributed by atoms with E-state index in [2.05, 4.69) is 33.3 Å². The Labute approximate surface area is 190 Å². The summed E-state index contributed by atoms with van der Waals surface area (Å²) in [6.45, 7) is 2.37. The summed E-state index contributed by atoms with van der Waals surface area (Å²) in [6, 6.07) is 23.5. The highest BCUT2D eigenvalue weighted by Crippen LogP contribution is 2.39. The quantitative estimate of drug-likeness (QED) is 0.417. The van der Waals surface area contributed by atoms with E-state index >= 15 is 0 Å². The Balaban J connectivity index is 1.50. The SMILES string of the molecule is Cc1onc(-c2ccccc2)c1C(=O)N1CCc2c([nH]c3ccccc23)C1c1ccccn1. The number of carbonyl (C=O) groups excluding carboxylic acids is 1. The van der Waals surface area contributed by atoms with Crippen LogP contribution in [0.2, 0.25) is 0 Å². The second kappa shape index (κ2) is 7.74. The van der Waals surface area contributed by atoms with Crippen LogP contribution in [0.5, 0.6) is 0 Å². The average molecular weight is 434 g/mol. The number of aromatic nitrogens is 3. The van der Waals surface area contributed by atoms with Crippen LogP contribution in [0.25, 0.3) is 22.2 Å². The molecule has 0 spiro atoms. The first-order valence-electron chi connectivity index (χ1n) is 11.1. The smallest absolute Gasteiger partial charge is 0.260 e. The first kappa shape index (κ1) is 19.5. The lowest BCUT2D eigenvalue weighted by molar-refractivity contribution is 0.0687. The number of para-hydroxylation sites is 1. The van der Waals surface area contributed by atoms with Crippen molar-refractivity contribution in [3.8, 4) is 11.3 Å². The van der Waals surface area contributed by atoms with Crippen LogP contribution in [0.3, 0.4) is 0 Å². The maximum absolute atomic E-state index is 14.1. The summed E-state index contributed by atoms with van der Waals surface area (Å²) < 4.78 is 5.50. The van der Waals surface area contributed by atoms with Gasteiger partial charge in [0.2, 0.25) is 0 Å². The van der Waals surface area contributed by atoms with Gasteiger partial charge >= 0.3 is 0 Å². The Morgan fingerprint density at radius 2 is 1.82 bits per heavy atom. The van der Waals surface area contributed by atoms with E-state index in [9.17, 15) is 4.79 Å². The third-order valence-electron chi connectivity index (χ3n) is 6.39. The summed E-state index contributed by atoms with van der Waals surface area (Å²) in [6.07, 6.45) is 2.54. The van der Waals surface area contributed by atoms with E-state index in [1.54, 1.807) is 13.1 Å². The van der Waals surface area contributed by atoms with Gasteiger partial charge in [-0.2, -0.15) is 0 Å². The Morgan fingerprint density at radius 3 is 2.64 bits per heavy atom. The number of rotatable bonds is 3. The number of carbonyl (C=O) groups is 1. The Bertz CT molecular complexity index is 1450. The normalized spacial score (nSPS) is 15.5. The molecule has 1 aliphatic heterocycles. The topological polar surface area (TPSA) is 75.0 Å². The van der Waals surface area contributed by atoms with Gasteiger partial charge in [0.05, 0.1) is 5.69 Å². The first-order chi connectivity index (χ1) is 16.2. The fraction of sp³-hybridized carbons (Fsp3) is 0.148. The Morgan fingerprint density at radius 1 is 1.03 bits per heavy atom. The van der Waals surface area contributed by atoms with Gasteiger partial charge in [0.15, 0.2) is 0 Å². The van der Waals surface area contributed by atoms with Gasteiger partial charge < -0.3 is 14.4 Å². The summed E-state index contributed by atoms with van der Waals surface area (Å²) in [7, 11) is 0. The summed E-state index contributed by atoms with van der Waals surface area (Å²) in [5.74, 6) is 0.411. The van der Waals surface area contributed by atoms with E-state index in [-0.39, 0.29) is 11.9 Å². The van der Waals surface area contributed by atoms with Gasteiger partial charge in [-0.3, -0.25) is 9.78 Å². The molecule has 162 valence electrons. The molecule has 0 saturated carbocycles. The van der Waals surface area contributed by atoms with Crippen molar-refractivity contribution in [2.75, 3.05) is 6.54 Å². The minimum atomic E-state index is -0.326. The van der Waals surface area contributed by atoms with E-state index in [4.69, 9.17) is 4.52 Å². The fourth-order valence-corrected chi connectivity index (χ4v) is 4.87. The van der Waals surface area contributed by atoms with Crippen LogP contribution in [0.15, 0.2) is 83.5 Å². The molecule has 0 radical (unpaired) electrons. The first-order valence-corrected chi connectivity index (χ1v) is 11.1. The number of benzene rings is 2. The van der Waals surface area contributed by atoms with E-state index < -0.39 is 0 Å². The third-order valence-corrected chi connectivity index (χ3v) is 6.39. The minimum Gasteiger partial charge on any atom is -0.360 e. The maximum Gasteiger partial charge on any atom is 0.260 e. The van der Waals surface area contributed by atoms with Crippen molar-refractivity contribution in [1.82, 2.24) is 20.0 Å². The summed E-state index contributed by atoms with van der Waals surface area (Å²) >= 11 is 0. The number of aryl methyl sites for hydroxylation is 1. The number of aromatic amines is 1. The monoisotopic (exact) mass is 434 g/mol. The molecule has 5 aromatic rings. The highest BCUT2D eigenvalue weighted by Gasteiger charge is 2.38. The van der Waals surface area contributed by atoms with Gasteiger partial charge in [-0.15, -0.1) is 0 Å². The molecule has 1 amide bonds. The molecular weight excluding hydrogens is 412 g/mol. The number of hydrogen-bond donors (Lipinski definition) is 1. The number of amides is 1. The van der Waals surface area contributed by atoms with Crippen molar-refractivity contribution in [3.63, 3.8) is 0 Å². The third kappa shape index (κ3) is 3.14. The Kier molecular flexibility index (Phi) is 4.57. The van der Waals surface area contributed by atoms with Crippen molar-refractivity contribution in [2.45, 2.75) is 19.4 Å². The molecule has 0 saturated heterocycles. The predicted octanol–water partition coefficient (Wildman–Crippen LogP) is 5.31. The molecule has 1 atom stereocenters. The molecule has 6 heteroatoms. The highest BCUT2D eigenvalue weighted by molar-refractivity contribution is 6.01. The molecule has 33 heavy (non-hydrogen) atoms. The van der Waals surface area contributed by atoms with Crippen LogP contribution in [-0.2, 0) is 6.42 Å². The van der Waals surface area contributed by atoms with Crippen LogP contribution in [0, 0.1) is 6.92 Å². The van der Waals surface area contributed by atoms with Gasteiger partial charge in [-0.05, 0) is 37.1 Å². The van der Waals surface area contributed by atoms with Crippen molar-refractivity contribution >= 4 is 16.8 Å². The van der Waals surface area contributed by atoms with Crippen LogP contribution in [-0.4, -0.2) is 32.5 Å². The molecule has 6 rings (SSSR count). The molecule has 1 aliphatic rings. The van der Waals surface area contributed by atoms with Crippen LogP contribution >= 0.6 is 0 Å². The van der Waals surface area contributed by atoms with E-state index in [1.807, 2.05) is 59.5 Å². The fourth-order valence-electron chi connectivity index (χ4n) is 4.87.